The number of hydrogen-bond acceptors (Lipinski definition) is 9. The van der Waals surface area contributed by atoms with Crippen LogP contribution in [0.4, 0.5) is 9.59 Å². The molecule has 0 aromatic carbocycles. The number of aliphatic hydroxyl groups is 1. The molecule has 0 spiro atoms. The number of hydrogen-bond donors (Lipinski definition) is 1. The van der Waals surface area contributed by atoms with Gasteiger partial charge >= 0.3 is 24.1 Å². The zero-order chi connectivity index (χ0) is 28.2. The van der Waals surface area contributed by atoms with Gasteiger partial charge in [0.25, 0.3) is 0 Å². The molecule has 2 aliphatic rings. The third kappa shape index (κ3) is 8.25. The van der Waals surface area contributed by atoms with Crippen LogP contribution in [0.25, 0.3) is 0 Å². The lowest BCUT2D eigenvalue weighted by molar-refractivity contribution is -0.146. The molecule has 0 unspecified atom stereocenters. The van der Waals surface area contributed by atoms with E-state index in [-0.39, 0.29) is 24.3 Å². The third-order valence-electron chi connectivity index (χ3n) is 6.14. The molecule has 2 heterocycles. The molecule has 0 aromatic heterocycles. The van der Waals surface area contributed by atoms with Crippen molar-refractivity contribution in [1.29, 1.82) is 0 Å². The first-order valence-corrected chi connectivity index (χ1v) is 12.2. The van der Waals surface area contributed by atoms with Crippen molar-refractivity contribution >= 4 is 24.1 Å². The lowest BCUT2D eigenvalue weighted by atomic mass is 10.0. The number of amides is 2. The van der Waals surface area contributed by atoms with E-state index in [4.69, 9.17) is 14.2 Å². The van der Waals surface area contributed by atoms with Gasteiger partial charge in [0, 0.05) is 12.5 Å². The first-order valence-electron chi connectivity index (χ1n) is 12.2. The maximum atomic E-state index is 12.1. The Labute approximate surface area is 214 Å². The fourth-order valence-corrected chi connectivity index (χ4v) is 4.14. The number of nitrogens with zero attached hydrogens (tertiary/aromatic N) is 2. The fraction of sp³-hybridized carbons (Fsp3) is 0.840. The second-order valence-electron chi connectivity index (χ2n) is 11.4. The van der Waals surface area contributed by atoms with E-state index in [0.29, 0.717) is 6.42 Å². The quantitative estimate of drug-likeness (QED) is 0.434. The SMILES string of the molecule is COC(=O)[C@@H]1C[C@H](C)[C@H](C)N1C(=O)OC(C)(C)C.COC(=O)[C@@H]1C[C@H](O)[C@H](C)N1C(=O)OC(C)(C)C. The Bertz CT molecular complexity index is 736. The molecule has 0 saturated carbocycles. The van der Waals surface area contributed by atoms with Gasteiger partial charge in [-0.3, -0.25) is 9.80 Å². The maximum absolute atomic E-state index is 12.1. The summed E-state index contributed by atoms with van der Waals surface area (Å²) in [5.41, 5.74) is -1.21. The van der Waals surface area contributed by atoms with Crippen LogP contribution in [0.2, 0.25) is 0 Å². The van der Waals surface area contributed by atoms with Crippen molar-refractivity contribution in [3.05, 3.63) is 0 Å². The highest BCUT2D eigenvalue weighted by atomic mass is 16.6. The minimum atomic E-state index is -0.783. The average molecular weight is 517 g/mol. The van der Waals surface area contributed by atoms with Crippen LogP contribution in [0.5, 0.6) is 0 Å². The van der Waals surface area contributed by atoms with Gasteiger partial charge in [-0.15, -0.1) is 0 Å². The number of ether oxygens (including phenoxy) is 4. The van der Waals surface area contributed by atoms with Crippen LogP contribution in [0.15, 0.2) is 0 Å². The van der Waals surface area contributed by atoms with Gasteiger partial charge in [-0.2, -0.15) is 0 Å². The van der Waals surface area contributed by atoms with E-state index in [1.807, 2.05) is 34.6 Å². The molecule has 0 bridgehead atoms. The number of likely N-dealkylation sites (tertiary alicyclic amines) is 2. The summed E-state index contributed by atoms with van der Waals surface area (Å²) in [6.45, 7) is 16.3. The van der Waals surface area contributed by atoms with Crippen molar-refractivity contribution in [2.45, 2.75) is 117 Å². The van der Waals surface area contributed by atoms with E-state index in [0.717, 1.165) is 0 Å². The molecule has 2 saturated heterocycles. The zero-order valence-corrected chi connectivity index (χ0v) is 23.5. The molecule has 2 fully saturated rings. The van der Waals surface area contributed by atoms with Crippen LogP contribution < -0.4 is 0 Å². The maximum Gasteiger partial charge on any atom is 0.411 e. The second kappa shape index (κ2) is 12.1. The fourth-order valence-electron chi connectivity index (χ4n) is 4.14. The summed E-state index contributed by atoms with van der Waals surface area (Å²) in [6.07, 6.45) is -1.02. The summed E-state index contributed by atoms with van der Waals surface area (Å²) in [4.78, 5) is 50.2. The first kappa shape index (κ1) is 31.5. The van der Waals surface area contributed by atoms with Crippen LogP contribution >= 0.6 is 0 Å². The number of esters is 2. The van der Waals surface area contributed by atoms with Crippen molar-refractivity contribution in [2.75, 3.05) is 14.2 Å². The van der Waals surface area contributed by atoms with Gasteiger partial charge < -0.3 is 24.1 Å². The monoisotopic (exact) mass is 516 g/mol. The van der Waals surface area contributed by atoms with Crippen LogP contribution in [-0.4, -0.2) is 94.7 Å². The second-order valence-corrected chi connectivity index (χ2v) is 11.4. The van der Waals surface area contributed by atoms with Gasteiger partial charge in [0.2, 0.25) is 0 Å². The van der Waals surface area contributed by atoms with Gasteiger partial charge in [-0.1, -0.05) is 6.92 Å². The molecule has 0 aliphatic carbocycles. The Morgan fingerprint density at radius 1 is 0.694 bits per heavy atom. The molecule has 6 atom stereocenters. The van der Waals surface area contributed by atoms with Crippen LogP contribution in [-0.2, 0) is 28.5 Å². The average Bonchev–Trinajstić information content (AvgIpc) is 3.20. The molecule has 1 N–H and O–H groups in total. The van der Waals surface area contributed by atoms with Gasteiger partial charge in [-0.25, -0.2) is 19.2 Å². The smallest absolute Gasteiger partial charge is 0.411 e. The number of rotatable bonds is 2. The summed E-state index contributed by atoms with van der Waals surface area (Å²) >= 11 is 0. The van der Waals surface area contributed by atoms with Crippen molar-refractivity contribution in [2.24, 2.45) is 5.92 Å². The lowest BCUT2D eigenvalue weighted by Crippen LogP contribution is -2.47. The topological polar surface area (TPSA) is 132 Å². The van der Waals surface area contributed by atoms with Crippen LogP contribution in [0.3, 0.4) is 0 Å². The number of aliphatic hydroxyl groups excluding tert-OH is 1. The number of methoxy groups -OCH3 is 2. The summed E-state index contributed by atoms with van der Waals surface area (Å²) < 4.78 is 20.0. The van der Waals surface area contributed by atoms with Gasteiger partial charge in [0.1, 0.15) is 23.3 Å². The molecule has 11 nitrogen and oxygen atoms in total. The molecule has 2 amide bonds. The summed E-state index contributed by atoms with van der Waals surface area (Å²) in [6, 6.07) is -1.81. The van der Waals surface area contributed by atoms with Gasteiger partial charge in [0.15, 0.2) is 0 Å². The van der Waals surface area contributed by atoms with E-state index in [1.54, 1.807) is 27.7 Å². The lowest BCUT2D eigenvalue weighted by Gasteiger charge is -2.30. The molecule has 36 heavy (non-hydrogen) atoms. The summed E-state index contributed by atoms with van der Waals surface area (Å²) in [5.74, 6) is -0.664. The van der Waals surface area contributed by atoms with Gasteiger partial charge in [0.05, 0.1) is 26.4 Å². The Hall–Kier alpha value is -2.56. The highest BCUT2D eigenvalue weighted by Crippen LogP contribution is 2.32. The van der Waals surface area contributed by atoms with Crippen molar-refractivity contribution in [3.8, 4) is 0 Å². The number of carbonyl (C=O) groups is 4. The Morgan fingerprint density at radius 2 is 1.06 bits per heavy atom. The normalized spacial score (nSPS) is 28.1. The minimum absolute atomic E-state index is 0.0241. The minimum Gasteiger partial charge on any atom is -0.467 e. The molecule has 0 aromatic rings. The van der Waals surface area contributed by atoms with E-state index in [9.17, 15) is 24.3 Å². The molecule has 208 valence electrons. The zero-order valence-electron chi connectivity index (χ0n) is 23.5. The van der Waals surface area contributed by atoms with Gasteiger partial charge in [-0.05, 0) is 67.7 Å². The standard InChI is InChI=1S/C13H23NO4.C12H21NO5/c1-8-7-10(11(15)17-6)14(9(8)2)12(16)18-13(3,4)5;1-7-9(14)6-8(10(15)17-5)13(7)11(16)18-12(2,3)4/h8-10H,7H2,1-6H3;7-9,14H,6H2,1-5H3/t8-,9-,10-;7-,8-,9-/m00/s1. The molecular formula is C25H44N2O9. The Morgan fingerprint density at radius 3 is 1.42 bits per heavy atom. The number of carbonyl (C=O) groups excluding carboxylic acids is 4. The molecule has 2 aliphatic heterocycles. The van der Waals surface area contributed by atoms with E-state index in [1.165, 1.54) is 24.0 Å². The van der Waals surface area contributed by atoms with Crippen LogP contribution in [0.1, 0.15) is 75.2 Å². The highest BCUT2D eigenvalue weighted by molar-refractivity contribution is 5.83. The predicted octanol–water partition coefficient (Wildman–Crippen LogP) is 3.11. The Balaban J connectivity index is 0.000000360. The summed E-state index contributed by atoms with van der Waals surface area (Å²) in [7, 11) is 2.59. The predicted molar refractivity (Wildman–Crippen MR) is 131 cm³/mol. The largest absolute Gasteiger partial charge is 0.467 e. The first-order chi connectivity index (χ1) is 16.3. The van der Waals surface area contributed by atoms with Crippen molar-refractivity contribution in [3.63, 3.8) is 0 Å². The molecule has 2 rings (SSSR count). The molecule has 0 radical (unpaired) electrons. The van der Waals surface area contributed by atoms with Crippen LogP contribution in [0, 0.1) is 5.92 Å². The molecule has 11 heteroatoms. The van der Waals surface area contributed by atoms with E-state index >= 15 is 0 Å². The Kier molecular flexibility index (Phi) is 10.6. The van der Waals surface area contributed by atoms with E-state index in [2.05, 4.69) is 4.74 Å². The van der Waals surface area contributed by atoms with E-state index < -0.39 is 53.6 Å². The third-order valence-corrected chi connectivity index (χ3v) is 6.14. The van der Waals surface area contributed by atoms with Crippen molar-refractivity contribution < 1.29 is 43.2 Å². The summed E-state index contributed by atoms with van der Waals surface area (Å²) in [5, 5.41) is 9.77. The molecular weight excluding hydrogens is 472 g/mol. The highest BCUT2D eigenvalue weighted by Gasteiger charge is 2.47. The van der Waals surface area contributed by atoms with Crippen molar-refractivity contribution in [1.82, 2.24) is 9.80 Å².